The van der Waals surface area contributed by atoms with Crippen LogP contribution < -0.4 is 14.2 Å². The number of ether oxygens (including phenoxy) is 3. The van der Waals surface area contributed by atoms with E-state index in [0.717, 1.165) is 31.4 Å². The van der Waals surface area contributed by atoms with Gasteiger partial charge in [-0.25, -0.2) is 0 Å². The molecule has 0 radical (unpaired) electrons. The molecule has 6 nitrogen and oxygen atoms in total. The second kappa shape index (κ2) is 10.7. The molecule has 172 valence electrons. The van der Waals surface area contributed by atoms with Crippen molar-refractivity contribution in [2.75, 3.05) is 40.5 Å². The zero-order valence-electron chi connectivity index (χ0n) is 19.0. The lowest BCUT2D eigenvalue weighted by Crippen LogP contribution is -2.33. The van der Waals surface area contributed by atoms with Crippen molar-refractivity contribution in [3.8, 4) is 17.2 Å². The molecule has 1 saturated heterocycles. The van der Waals surface area contributed by atoms with Gasteiger partial charge in [-0.15, -0.1) is 0 Å². The van der Waals surface area contributed by atoms with E-state index < -0.39 is 6.10 Å². The molecular weight excluding hydrogens is 406 g/mol. The van der Waals surface area contributed by atoms with E-state index in [2.05, 4.69) is 17.0 Å². The maximum Gasteiger partial charge on any atom is 0.205 e. The van der Waals surface area contributed by atoms with Crippen LogP contribution in [0.25, 0.3) is 11.0 Å². The molecule has 0 aliphatic carbocycles. The lowest BCUT2D eigenvalue weighted by Gasteiger charge is -2.27. The van der Waals surface area contributed by atoms with Crippen molar-refractivity contribution in [3.63, 3.8) is 0 Å². The second-order valence-electron chi connectivity index (χ2n) is 8.26. The normalized spacial score (nSPS) is 15.6. The summed E-state index contributed by atoms with van der Waals surface area (Å²) >= 11 is 0. The van der Waals surface area contributed by atoms with Crippen LogP contribution in [-0.4, -0.2) is 50.5 Å². The molecule has 1 atom stereocenters. The Balaban J connectivity index is 1.63. The van der Waals surface area contributed by atoms with Crippen molar-refractivity contribution in [1.82, 2.24) is 4.90 Å². The predicted molar refractivity (Wildman–Crippen MR) is 125 cm³/mol. The highest BCUT2D eigenvalue weighted by Crippen LogP contribution is 2.49. The lowest BCUT2D eigenvalue weighted by molar-refractivity contribution is 0.149. The zero-order chi connectivity index (χ0) is 22.3. The molecule has 0 saturated carbocycles. The molecule has 1 aromatic heterocycles. The molecular formula is C26H33NO5. The minimum Gasteiger partial charge on any atom is -0.495 e. The average Bonchev–Trinajstić information content (AvgIpc) is 3.32. The third-order valence-corrected chi connectivity index (χ3v) is 6.20. The summed E-state index contributed by atoms with van der Waals surface area (Å²) in [5.74, 6) is 1.57. The largest absolute Gasteiger partial charge is 0.495 e. The highest BCUT2D eigenvalue weighted by atomic mass is 16.5. The first-order valence-corrected chi connectivity index (χ1v) is 11.4. The van der Waals surface area contributed by atoms with Crippen LogP contribution in [-0.2, 0) is 6.42 Å². The van der Waals surface area contributed by atoms with Gasteiger partial charge in [-0.2, -0.15) is 0 Å². The summed E-state index contributed by atoms with van der Waals surface area (Å²) in [6.45, 7) is 3.55. The third-order valence-electron chi connectivity index (χ3n) is 6.20. The van der Waals surface area contributed by atoms with E-state index in [-0.39, 0.29) is 0 Å². The van der Waals surface area contributed by atoms with Crippen molar-refractivity contribution < 1.29 is 23.7 Å². The summed E-state index contributed by atoms with van der Waals surface area (Å²) < 4.78 is 23.5. The van der Waals surface area contributed by atoms with Crippen LogP contribution in [0.3, 0.4) is 0 Å². The van der Waals surface area contributed by atoms with Crippen molar-refractivity contribution in [2.24, 2.45) is 0 Å². The number of nitrogens with zero attached hydrogens (tertiary/aromatic N) is 1. The van der Waals surface area contributed by atoms with Gasteiger partial charge in [0.1, 0.15) is 12.4 Å². The molecule has 32 heavy (non-hydrogen) atoms. The molecule has 1 aliphatic rings. The standard InChI is InChI=1S/C26H33NO5/c1-29-23-20-13-17-31-24(20)26(30-2)25(32-18-16-27-14-7-4-8-15-27)22(23)21(28)12-11-19-9-5-3-6-10-19/h3,5-6,9-10,13,17,21,28H,4,7-8,11-12,14-16,18H2,1-2H3. The zero-order valence-corrected chi connectivity index (χ0v) is 19.0. The number of methoxy groups -OCH3 is 2. The van der Waals surface area contributed by atoms with Crippen LogP contribution in [0.5, 0.6) is 17.2 Å². The number of piperidine rings is 1. The Hall–Kier alpha value is -2.70. The van der Waals surface area contributed by atoms with Gasteiger partial charge in [-0.05, 0) is 50.4 Å². The van der Waals surface area contributed by atoms with E-state index in [1.807, 2.05) is 24.3 Å². The quantitative estimate of drug-likeness (QED) is 0.481. The van der Waals surface area contributed by atoms with E-state index in [1.54, 1.807) is 20.5 Å². The summed E-state index contributed by atoms with van der Waals surface area (Å²) in [6.07, 6.45) is 5.88. The second-order valence-corrected chi connectivity index (χ2v) is 8.26. The van der Waals surface area contributed by atoms with Crippen LogP contribution in [0.2, 0.25) is 0 Å². The fourth-order valence-corrected chi connectivity index (χ4v) is 4.54. The molecule has 4 rings (SSSR count). The van der Waals surface area contributed by atoms with Crippen molar-refractivity contribution in [1.29, 1.82) is 0 Å². The molecule has 2 aromatic carbocycles. The third kappa shape index (κ3) is 4.87. The molecule has 1 aliphatic heterocycles. The van der Waals surface area contributed by atoms with Crippen molar-refractivity contribution in [3.05, 3.63) is 53.8 Å². The van der Waals surface area contributed by atoms with E-state index in [0.29, 0.717) is 41.4 Å². The number of furan rings is 1. The van der Waals surface area contributed by atoms with Gasteiger partial charge in [0.2, 0.25) is 5.75 Å². The number of benzene rings is 2. The maximum atomic E-state index is 11.3. The van der Waals surface area contributed by atoms with E-state index in [1.165, 1.54) is 24.8 Å². The lowest BCUT2D eigenvalue weighted by atomic mass is 9.97. The van der Waals surface area contributed by atoms with E-state index in [4.69, 9.17) is 18.6 Å². The SMILES string of the molecule is COc1c(C(O)CCc2ccccc2)c(OCCN2CCCCC2)c(OC)c2occc12. The van der Waals surface area contributed by atoms with Crippen LogP contribution in [0.1, 0.15) is 42.9 Å². The summed E-state index contributed by atoms with van der Waals surface area (Å²) in [6, 6.07) is 12.0. The Morgan fingerprint density at radius 3 is 2.44 bits per heavy atom. The molecule has 3 aromatic rings. The Morgan fingerprint density at radius 1 is 0.969 bits per heavy atom. The number of hydrogen-bond acceptors (Lipinski definition) is 6. The number of rotatable bonds is 10. The highest BCUT2D eigenvalue weighted by Gasteiger charge is 2.29. The molecule has 1 fully saturated rings. The Morgan fingerprint density at radius 2 is 1.72 bits per heavy atom. The predicted octanol–water partition coefficient (Wildman–Crippen LogP) is 4.98. The number of hydrogen-bond donors (Lipinski definition) is 1. The van der Waals surface area contributed by atoms with Crippen molar-refractivity contribution in [2.45, 2.75) is 38.2 Å². The fraction of sp³-hybridized carbons (Fsp3) is 0.462. The van der Waals surface area contributed by atoms with Gasteiger partial charge < -0.3 is 23.7 Å². The van der Waals surface area contributed by atoms with E-state index >= 15 is 0 Å². The van der Waals surface area contributed by atoms with Crippen LogP contribution >= 0.6 is 0 Å². The number of aryl methyl sites for hydroxylation is 1. The molecule has 0 bridgehead atoms. The number of aliphatic hydroxyl groups is 1. The van der Waals surface area contributed by atoms with Gasteiger partial charge in [0.25, 0.3) is 0 Å². The first kappa shape index (κ1) is 22.5. The minimum absolute atomic E-state index is 0.498. The highest BCUT2D eigenvalue weighted by molar-refractivity contribution is 5.93. The fourth-order valence-electron chi connectivity index (χ4n) is 4.54. The van der Waals surface area contributed by atoms with Crippen molar-refractivity contribution >= 4 is 11.0 Å². The number of likely N-dealkylation sites (tertiary alicyclic amines) is 1. The number of aliphatic hydroxyl groups excluding tert-OH is 1. The summed E-state index contributed by atoms with van der Waals surface area (Å²) in [5.41, 5.74) is 2.36. The average molecular weight is 440 g/mol. The molecule has 6 heteroatoms. The molecule has 0 spiro atoms. The van der Waals surface area contributed by atoms with Gasteiger partial charge >= 0.3 is 0 Å². The Kier molecular flexibility index (Phi) is 7.55. The van der Waals surface area contributed by atoms with Crippen LogP contribution in [0.15, 0.2) is 47.1 Å². The monoisotopic (exact) mass is 439 g/mol. The van der Waals surface area contributed by atoms with E-state index in [9.17, 15) is 5.11 Å². The van der Waals surface area contributed by atoms with Gasteiger partial charge in [0.15, 0.2) is 11.3 Å². The summed E-state index contributed by atoms with van der Waals surface area (Å²) in [4.78, 5) is 2.42. The Bertz CT molecular complexity index is 994. The smallest absolute Gasteiger partial charge is 0.205 e. The molecule has 0 amide bonds. The minimum atomic E-state index is -0.775. The van der Waals surface area contributed by atoms with Crippen LogP contribution in [0, 0.1) is 0 Å². The van der Waals surface area contributed by atoms with Gasteiger partial charge in [0.05, 0.1) is 37.5 Å². The molecule has 1 N–H and O–H groups in total. The summed E-state index contributed by atoms with van der Waals surface area (Å²) in [5, 5.41) is 12.0. The Labute approximate surface area is 189 Å². The van der Waals surface area contributed by atoms with Gasteiger partial charge in [0, 0.05) is 6.54 Å². The van der Waals surface area contributed by atoms with Gasteiger partial charge in [-0.3, -0.25) is 4.90 Å². The molecule has 1 unspecified atom stereocenters. The first-order valence-electron chi connectivity index (χ1n) is 11.4. The molecule has 2 heterocycles. The first-order chi connectivity index (χ1) is 15.7. The summed E-state index contributed by atoms with van der Waals surface area (Å²) in [7, 11) is 3.21. The maximum absolute atomic E-state index is 11.3. The topological polar surface area (TPSA) is 64.3 Å². The number of fused-ring (bicyclic) bond motifs is 1. The van der Waals surface area contributed by atoms with Gasteiger partial charge in [-0.1, -0.05) is 36.8 Å². The van der Waals surface area contributed by atoms with Crippen LogP contribution in [0.4, 0.5) is 0 Å².